The van der Waals surface area contributed by atoms with E-state index in [4.69, 9.17) is 4.74 Å². The SMILES string of the molecule is Cc1ccc(C)c(C(=O)C(C)Oc2cccc(C)c2C)c1. The quantitative estimate of drug-likeness (QED) is 0.768. The maximum absolute atomic E-state index is 12.6. The van der Waals surface area contributed by atoms with Crippen molar-refractivity contribution in [3.63, 3.8) is 0 Å². The Morgan fingerprint density at radius 3 is 2.43 bits per heavy atom. The van der Waals surface area contributed by atoms with Crippen molar-refractivity contribution in [2.24, 2.45) is 0 Å². The molecule has 0 heterocycles. The van der Waals surface area contributed by atoms with Crippen molar-refractivity contribution < 1.29 is 9.53 Å². The Morgan fingerprint density at radius 2 is 1.71 bits per heavy atom. The second-order valence-electron chi connectivity index (χ2n) is 5.64. The number of aryl methyl sites for hydroxylation is 3. The van der Waals surface area contributed by atoms with Crippen molar-refractivity contribution in [3.8, 4) is 5.75 Å². The van der Waals surface area contributed by atoms with E-state index in [0.717, 1.165) is 28.0 Å². The molecule has 0 fully saturated rings. The van der Waals surface area contributed by atoms with E-state index in [1.807, 2.05) is 71.0 Å². The summed E-state index contributed by atoms with van der Waals surface area (Å²) in [6, 6.07) is 11.8. The lowest BCUT2D eigenvalue weighted by atomic mass is 9.99. The first-order valence-electron chi connectivity index (χ1n) is 7.24. The molecule has 2 aromatic carbocycles. The number of ether oxygens (including phenoxy) is 1. The Hall–Kier alpha value is -2.09. The molecule has 0 radical (unpaired) electrons. The van der Waals surface area contributed by atoms with Gasteiger partial charge in [0.2, 0.25) is 5.78 Å². The molecule has 0 saturated heterocycles. The molecule has 0 aliphatic carbocycles. The molecule has 0 aliphatic heterocycles. The predicted molar refractivity (Wildman–Crippen MR) is 86.3 cm³/mol. The van der Waals surface area contributed by atoms with Gasteiger partial charge in [0.15, 0.2) is 6.10 Å². The lowest BCUT2D eigenvalue weighted by Gasteiger charge is -2.17. The van der Waals surface area contributed by atoms with E-state index in [1.54, 1.807) is 0 Å². The van der Waals surface area contributed by atoms with Crippen LogP contribution in [-0.4, -0.2) is 11.9 Å². The van der Waals surface area contributed by atoms with Gasteiger partial charge in [0.1, 0.15) is 5.75 Å². The molecule has 0 saturated carbocycles. The molecule has 2 nitrogen and oxygen atoms in total. The van der Waals surface area contributed by atoms with Gasteiger partial charge in [-0.05, 0) is 63.4 Å². The zero-order valence-corrected chi connectivity index (χ0v) is 13.4. The minimum atomic E-state index is -0.494. The fourth-order valence-electron chi connectivity index (χ4n) is 2.32. The monoisotopic (exact) mass is 282 g/mol. The molecule has 0 spiro atoms. The molecule has 1 unspecified atom stereocenters. The minimum Gasteiger partial charge on any atom is -0.482 e. The van der Waals surface area contributed by atoms with E-state index >= 15 is 0 Å². The van der Waals surface area contributed by atoms with E-state index in [1.165, 1.54) is 5.56 Å². The zero-order valence-electron chi connectivity index (χ0n) is 13.4. The standard InChI is InChI=1S/C19H22O2/c1-12-9-10-14(3)17(11-12)19(20)16(5)21-18-8-6-7-13(2)15(18)4/h6-11,16H,1-5H3. The first-order chi connectivity index (χ1) is 9.90. The summed E-state index contributed by atoms with van der Waals surface area (Å²) in [5.41, 5.74) is 5.06. The largest absolute Gasteiger partial charge is 0.482 e. The molecular weight excluding hydrogens is 260 g/mol. The lowest BCUT2D eigenvalue weighted by Crippen LogP contribution is -2.25. The summed E-state index contributed by atoms with van der Waals surface area (Å²) in [7, 11) is 0. The number of Topliss-reactive ketones (excluding diaryl/α,β-unsaturated/α-hetero) is 1. The highest BCUT2D eigenvalue weighted by atomic mass is 16.5. The van der Waals surface area contributed by atoms with Gasteiger partial charge in [0.25, 0.3) is 0 Å². The topological polar surface area (TPSA) is 26.3 Å². The van der Waals surface area contributed by atoms with Crippen LogP contribution in [0.25, 0.3) is 0 Å². The maximum atomic E-state index is 12.6. The van der Waals surface area contributed by atoms with Gasteiger partial charge in [-0.15, -0.1) is 0 Å². The highest BCUT2D eigenvalue weighted by Crippen LogP contribution is 2.23. The third kappa shape index (κ3) is 3.33. The van der Waals surface area contributed by atoms with Crippen molar-refractivity contribution in [1.82, 2.24) is 0 Å². The van der Waals surface area contributed by atoms with Gasteiger partial charge < -0.3 is 4.74 Å². The van der Waals surface area contributed by atoms with Crippen LogP contribution in [0.2, 0.25) is 0 Å². The van der Waals surface area contributed by atoms with Crippen molar-refractivity contribution in [2.45, 2.75) is 40.7 Å². The van der Waals surface area contributed by atoms with Crippen LogP contribution in [0.3, 0.4) is 0 Å². The Morgan fingerprint density at radius 1 is 1.00 bits per heavy atom. The Balaban J connectivity index is 2.24. The van der Waals surface area contributed by atoms with Crippen LogP contribution in [0.1, 0.15) is 39.5 Å². The van der Waals surface area contributed by atoms with Crippen LogP contribution in [-0.2, 0) is 0 Å². The minimum absolute atomic E-state index is 0.0251. The third-order valence-corrected chi connectivity index (χ3v) is 3.89. The average Bonchev–Trinajstić information content (AvgIpc) is 2.45. The van der Waals surface area contributed by atoms with Crippen LogP contribution in [0, 0.1) is 27.7 Å². The molecule has 1 atom stereocenters. The van der Waals surface area contributed by atoms with Crippen LogP contribution in [0.15, 0.2) is 36.4 Å². The van der Waals surface area contributed by atoms with Gasteiger partial charge in [-0.2, -0.15) is 0 Å². The molecule has 21 heavy (non-hydrogen) atoms. The summed E-state index contributed by atoms with van der Waals surface area (Å²) < 4.78 is 5.89. The van der Waals surface area contributed by atoms with Crippen molar-refractivity contribution in [1.29, 1.82) is 0 Å². The van der Waals surface area contributed by atoms with Crippen LogP contribution in [0.4, 0.5) is 0 Å². The smallest absolute Gasteiger partial charge is 0.203 e. The first-order valence-corrected chi connectivity index (χ1v) is 7.24. The molecule has 0 amide bonds. The van der Waals surface area contributed by atoms with Gasteiger partial charge >= 0.3 is 0 Å². The number of hydrogen-bond donors (Lipinski definition) is 0. The normalized spacial score (nSPS) is 12.0. The zero-order chi connectivity index (χ0) is 15.6. The van der Waals surface area contributed by atoms with Gasteiger partial charge in [-0.3, -0.25) is 4.79 Å². The molecule has 0 aromatic heterocycles. The Labute approximate surface area is 126 Å². The van der Waals surface area contributed by atoms with Crippen LogP contribution in [0.5, 0.6) is 5.75 Å². The van der Waals surface area contributed by atoms with Crippen molar-refractivity contribution in [2.75, 3.05) is 0 Å². The third-order valence-electron chi connectivity index (χ3n) is 3.89. The molecule has 0 aliphatic rings. The molecule has 0 bridgehead atoms. The lowest BCUT2D eigenvalue weighted by molar-refractivity contribution is 0.0816. The number of carbonyl (C=O) groups excluding carboxylic acids is 1. The number of hydrogen-bond acceptors (Lipinski definition) is 2. The van der Waals surface area contributed by atoms with Crippen molar-refractivity contribution >= 4 is 5.78 Å². The summed E-state index contributed by atoms with van der Waals surface area (Å²) >= 11 is 0. The number of rotatable bonds is 4. The molecular formula is C19H22O2. The molecule has 2 aromatic rings. The van der Waals surface area contributed by atoms with Gasteiger partial charge in [0, 0.05) is 5.56 Å². The molecule has 2 rings (SSSR count). The molecule has 110 valence electrons. The first kappa shape index (κ1) is 15.3. The fraction of sp³-hybridized carbons (Fsp3) is 0.316. The van der Waals surface area contributed by atoms with E-state index in [9.17, 15) is 4.79 Å². The number of benzene rings is 2. The maximum Gasteiger partial charge on any atom is 0.203 e. The van der Waals surface area contributed by atoms with Gasteiger partial charge in [-0.1, -0.05) is 29.8 Å². The Kier molecular flexibility index (Phi) is 4.46. The predicted octanol–water partition coefficient (Wildman–Crippen LogP) is 4.57. The van der Waals surface area contributed by atoms with E-state index < -0.39 is 6.10 Å². The highest BCUT2D eigenvalue weighted by Gasteiger charge is 2.19. The molecule has 2 heteroatoms. The Bertz CT molecular complexity index is 671. The second-order valence-corrected chi connectivity index (χ2v) is 5.64. The van der Waals surface area contributed by atoms with Crippen LogP contribution >= 0.6 is 0 Å². The number of ketones is 1. The van der Waals surface area contributed by atoms with Crippen LogP contribution < -0.4 is 4.74 Å². The highest BCUT2D eigenvalue weighted by molar-refractivity contribution is 6.00. The van der Waals surface area contributed by atoms with Crippen molar-refractivity contribution in [3.05, 3.63) is 64.2 Å². The van der Waals surface area contributed by atoms with E-state index in [-0.39, 0.29) is 5.78 Å². The van der Waals surface area contributed by atoms with Gasteiger partial charge in [-0.25, -0.2) is 0 Å². The fourth-order valence-corrected chi connectivity index (χ4v) is 2.32. The summed E-state index contributed by atoms with van der Waals surface area (Å²) in [5.74, 6) is 0.804. The summed E-state index contributed by atoms with van der Waals surface area (Å²) in [6.45, 7) is 9.81. The summed E-state index contributed by atoms with van der Waals surface area (Å²) in [4.78, 5) is 12.6. The van der Waals surface area contributed by atoms with E-state index in [2.05, 4.69) is 0 Å². The summed E-state index contributed by atoms with van der Waals surface area (Å²) in [5, 5.41) is 0. The number of carbonyl (C=O) groups is 1. The molecule has 0 N–H and O–H groups in total. The van der Waals surface area contributed by atoms with Gasteiger partial charge in [0.05, 0.1) is 0 Å². The van der Waals surface area contributed by atoms with E-state index in [0.29, 0.717) is 0 Å². The average molecular weight is 282 g/mol. The summed E-state index contributed by atoms with van der Waals surface area (Å²) in [6.07, 6.45) is -0.494. The second kappa shape index (κ2) is 6.13.